The van der Waals surface area contributed by atoms with E-state index in [9.17, 15) is 0 Å². The highest BCUT2D eigenvalue weighted by molar-refractivity contribution is 5.83. The molecule has 1 aromatic heterocycles. The van der Waals surface area contributed by atoms with Gasteiger partial charge in [0.25, 0.3) is 0 Å². The third-order valence-electron chi connectivity index (χ3n) is 3.40. The van der Waals surface area contributed by atoms with Gasteiger partial charge in [-0.2, -0.15) is 0 Å². The second-order valence-electron chi connectivity index (χ2n) is 5.18. The lowest BCUT2D eigenvalue weighted by molar-refractivity contribution is 0.353. The summed E-state index contributed by atoms with van der Waals surface area (Å²) < 4.78 is 11.1. The number of furan rings is 1. The lowest BCUT2D eigenvalue weighted by Crippen LogP contribution is -2.37. The molecule has 1 aromatic carbocycles. The first-order chi connectivity index (χ1) is 8.55. The quantitative estimate of drug-likeness (QED) is 0.874. The second kappa shape index (κ2) is 5.02. The van der Waals surface area contributed by atoms with Crippen molar-refractivity contribution in [3.8, 4) is 5.75 Å². The first kappa shape index (κ1) is 13.0. The van der Waals surface area contributed by atoms with Gasteiger partial charge in [0, 0.05) is 10.9 Å². The molecular weight excluding hydrogens is 226 g/mol. The van der Waals surface area contributed by atoms with Crippen LogP contribution in [0.15, 0.2) is 28.7 Å². The molecule has 0 aliphatic carbocycles. The van der Waals surface area contributed by atoms with Crippen molar-refractivity contribution in [2.45, 2.75) is 39.3 Å². The van der Waals surface area contributed by atoms with E-state index in [4.69, 9.17) is 9.15 Å². The average molecular weight is 247 g/mol. The summed E-state index contributed by atoms with van der Waals surface area (Å²) >= 11 is 0. The molecule has 0 unspecified atom stereocenters. The van der Waals surface area contributed by atoms with Gasteiger partial charge >= 0.3 is 0 Å². The summed E-state index contributed by atoms with van der Waals surface area (Å²) in [4.78, 5) is 0. The second-order valence-corrected chi connectivity index (χ2v) is 5.18. The van der Waals surface area contributed by atoms with Crippen molar-refractivity contribution in [1.29, 1.82) is 0 Å². The minimum absolute atomic E-state index is 0.128. The van der Waals surface area contributed by atoms with E-state index < -0.39 is 0 Å². The fraction of sp³-hybridized carbons (Fsp3) is 0.467. The molecule has 0 fully saturated rings. The van der Waals surface area contributed by atoms with Crippen LogP contribution in [-0.2, 0) is 6.54 Å². The minimum Gasteiger partial charge on any atom is -0.493 e. The molecular formula is C15H21NO2. The van der Waals surface area contributed by atoms with Crippen molar-refractivity contribution in [2.24, 2.45) is 0 Å². The van der Waals surface area contributed by atoms with E-state index in [0.29, 0.717) is 0 Å². The van der Waals surface area contributed by atoms with Crippen molar-refractivity contribution in [1.82, 2.24) is 5.32 Å². The van der Waals surface area contributed by atoms with Crippen LogP contribution >= 0.6 is 0 Å². The Hall–Kier alpha value is -1.48. The number of para-hydroxylation sites is 1. The molecule has 0 spiro atoms. The van der Waals surface area contributed by atoms with Gasteiger partial charge in [0.2, 0.25) is 0 Å². The minimum atomic E-state index is 0.128. The van der Waals surface area contributed by atoms with E-state index in [1.54, 1.807) is 7.11 Å². The summed E-state index contributed by atoms with van der Waals surface area (Å²) in [7, 11) is 1.66. The van der Waals surface area contributed by atoms with Crippen LogP contribution in [-0.4, -0.2) is 12.6 Å². The van der Waals surface area contributed by atoms with E-state index in [0.717, 1.165) is 35.4 Å². The van der Waals surface area contributed by atoms with Crippen LogP contribution in [0.3, 0.4) is 0 Å². The van der Waals surface area contributed by atoms with E-state index in [2.05, 4.69) is 32.2 Å². The topological polar surface area (TPSA) is 34.4 Å². The van der Waals surface area contributed by atoms with Crippen LogP contribution < -0.4 is 10.1 Å². The molecule has 0 saturated heterocycles. The van der Waals surface area contributed by atoms with Crippen LogP contribution in [0.2, 0.25) is 0 Å². The molecule has 2 aromatic rings. The number of rotatable bonds is 5. The number of fused-ring (bicyclic) bond motifs is 1. The Labute approximate surface area is 108 Å². The first-order valence-electron chi connectivity index (χ1n) is 6.36. The van der Waals surface area contributed by atoms with Gasteiger partial charge in [-0.1, -0.05) is 19.1 Å². The molecule has 98 valence electrons. The highest BCUT2D eigenvalue weighted by Gasteiger charge is 2.15. The number of methoxy groups -OCH3 is 1. The highest BCUT2D eigenvalue weighted by Crippen LogP contribution is 2.28. The monoisotopic (exact) mass is 247 g/mol. The molecule has 0 atom stereocenters. The maximum atomic E-state index is 5.84. The summed E-state index contributed by atoms with van der Waals surface area (Å²) in [6.07, 6.45) is 1.08. The first-order valence-corrected chi connectivity index (χ1v) is 6.36. The van der Waals surface area contributed by atoms with Crippen LogP contribution in [0, 0.1) is 0 Å². The lowest BCUT2D eigenvalue weighted by atomic mass is 10.0. The van der Waals surface area contributed by atoms with Crippen molar-refractivity contribution in [2.75, 3.05) is 7.11 Å². The van der Waals surface area contributed by atoms with E-state index in [1.165, 1.54) is 0 Å². The summed E-state index contributed by atoms with van der Waals surface area (Å²) in [6.45, 7) is 7.29. The molecule has 0 bridgehead atoms. The van der Waals surface area contributed by atoms with Gasteiger partial charge in [-0.05, 0) is 32.4 Å². The van der Waals surface area contributed by atoms with Crippen LogP contribution in [0.5, 0.6) is 5.75 Å². The van der Waals surface area contributed by atoms with Gasteiger partial charge in [0.1, 0.15) is 5.76 Å². The number of ether oxygens (including phenoxy) is 1. The molecule has 3 heteroatoms. The van der Waals surface area contributed by atoms with Crippen molar-refractivity contribution in [3.05, 3.63) is 30.0 Å². The number of benzene rings is 1. The van der Waals surface area contributed by atoms with E-state index >= 15 is 0 Å². The summed E-state index contributed by atoms with van der Waals surface area (Å²) in [5, 5.41) is 4.57. The maximum absolute atomic E-state index is 5.84. The molecule has 1 N–H and O–H groups in total. The number of nitrogens with one attached hydrogen (secondary N) is 1. The SMILES string of the molecule is CCC(C)(C)NCc1cc2cccc(OC)c2o1. The molecule has 0 radical (unpaired) electrons. The molecule has 3 nitrogen and oxygen atoms in total. The Balaban J connectivity index is 2.20. The Morgan fingerprint density at radius 2 is 2.11 bits per heavy atom. The summed E-state index contributed by atoms with van der Waals surface area (Å²) in [5.74, 6) is 1.73. The number of hydrogen-bond acceptors (Lipinski definition) is 3. The Bertz CT molecular complexity index is 528. The fourth-order valence-electron chi connectivity index (χ4n) is 1.79. The third kappa shape index (κ3) is 2.67. The molecule has 2 rings (SSSR count). The predicted octanol–water partition coefficient (Wildman–Crippen LogP) is 3.72. The molecule has 0 aliphatic rings. The van der Waals surface area contributed by atoms with Crippen molar-refractivity contribution in [3.63, 3.8) is 0 Å². The van der Waals surface area contributed by atoms with Crippen molar-refractivity contribution < 1.29 is 9.15 Å². The van der Waals surface area contributed by atoms with E-state index in [-0.39, 0.29) is 5.54 Å². The molecule has 0 saturated carbocycles. The van der Waals surface area contributed by atoms with Gasteiger partial charge in [-0.15, -0.1) is 0 Å². The van der Waals surface area contributed by atoms with E-state index in [1.807, 2.05) is 18.2 Å². The Kier molecular flexibility index (Phi) is 3.62. The normalized spacial score (nSPS) is 12.0. The van der Waals surface area contributed by atoms with Crippen LogP contribution in [0.4, 0.5) is 0 Å². The summed E-state index contributed by atoms with van der Waals surface area (Å²) in [6, 6.07) is 8.00. The Morgan fingerprint density at radius 1 is 1.33 bits per heavy atom. The standard InChI is InChI=1S/C15H21NO2/c1-5-15(2,3)16-10-12-9-11-7-6-8-13(17-4)14(11)18-12/h6-9,16H,5,10H2,1-4H3. The average Bonchev–Trinajstić information content (AvgIpc) is 2.79. The highest BCUT2D eigenvalue weighted by atomic mass is 16.5. The largest absolute Gasteiger partial charge is 0.493 e. The number of hydrogen-bond donors (Lipinski definition) is 1. The summed E-state index contributed by atoms with van der Waals surface area (Å²) in [5.41, 5.74) is 0.953. The predicted molar refractivity (Wildman–Crippen MR) is 74.0 cm³/mol. The maximum Gasteiger partial charge on any atom is 0.176 e. The zero-order chi connectivity index (χ0) is 13.2. The molecule has 0 aliphatic heterocycles. The van der Waals surface area contributed by atoms with Crippen molar-refractivity contribution >= 4 is 11.0 Å². The lowest BCUT2D eigenvalue weighted by Gasteiger charge is -2.23. The fourth-order valence-corrected chi connectivity index (χ4v) is 1.79. The zero-order valence-electron chi connectivity index (χ0n) is 11.5. The van der Waals surface area contributed by atoms with Gasteiger partial charge < -0.3 is 14.5 Å². The molecule has 1 heterocycles. The van der Waals surface area contributed by atoms with Crippen LogP contribution in [0.25, 0.3) is 11.0 Å². The van der Waals surface area contributed by atoms with Gasteiger partial charge in [0.15, 0.2) is 11.3 Å². The third-order valence-corrected chi connectivity index (χ3v) is 3.40. The zero-order valence-corrected chi connectivity index (χ0v) is 11.5. The van der Waals surface area contributed by atoms with Gasteiger partial charge in [-0.3, -0.25) is 0 Å². The van der Waals surface area contributed by atoms with Gasteiger partial charge in [0.05, 0.1) is 13.7 Å². The molecule has 0 amide bonds. The molecule has 18 heavy (non-hydrogen) atoms. The Morgan fingerprint density at radius 3 is 2.78 bits per heavy atom. The van der Waals surface area contributed by atoms with Crippen LogP contribution in [0.1, 0.15) is 33.0 Å². The van der Waals surface area contributed by atoms with Gasteiger partial charge in [-0.25, -0.2) is 0 Å². The smallest absolute Gasteiger partial charge is 0.176 e.